The number of fused-ring (bicyclic) bond motifs is 2. The first-order valence-electron chi connectivity index (χ1n) is 11.9. The lowest BCUT2D eigenvalue weighted by Gasteiger charge is -2.35. The van der Waals surface area contributed by atoms with E-state index in [4.69, 9.17) is 9.47 Å². The molecule has 1 aliphatic heterocycles. The Hall–Kier alpha value is -4.07. The zero-order valence-electron chi connectivity index (χ0n) is 20.9. The number of nitrogens with zero attached hydrogens (tertiary/aromatic N) is 2. The quantitative estimate of drug-likeness (QED) is 0.412. The van der Waals surface area contributed by atoms with Gasteiger partial charge in [0, 0.05) is 24.2 Å². The van der Waals surface area contributed by atoms with E-state index in [0.29, 0.717) is 18.5 Å². The molecule has 1 aliphatic carbocycles. The summed E-state index contributed by atoms with van der Waals surface area (Å²) in [6, 6.07) is 8.78. The fraction of sp³-hybridized carbons (Fsp3) is 0.276. The van der Waals surface area contributed by atoms with Crippen LogP contribution in [-0.2, 0) is 28.0 Å². The van der Waals surface area contributed by atoms with E-state index in [0.717, 1.165) is 38.8 Å². The highest BCUT2D eigenvalue weighted by molar-refractivity contribution is 6.05. The van der Waals surface area contributed by atoms with Gasteiger partial charge in [0.25, 0.3) is 0 Å². The van der Waals surface area contributed by atoms with E-state index < -0.39 is 22.7 Å². The summed E-state index contributed by atoms with van der Waals surface area (Å²) in [7, 11) is 2.54. The van der Waals surface area contributed by atoms with Gasteiger partial charge < -0.3 is 14.4 Å². The number of methoxy groups -OCH3 is 2. The summed E-state index contributed by atoms with van der Waals surface area (Å²) in [5.41, 5.74) is 3.53. The zero-order valence-corrected chi connectivity index (χ0v) is 20.9. The maximum Gasteiger partial charge on any atom is 0.238 e. The van der Waals surface area contributed by atoms with Gasteiger partial charge in [0.1, 0.15) is 5.69 Å². The molecule has 0 radical (unpaired) electrons. The highest BCUT2D eigenvalue weighted by Crippen LogP contribution is 2.55. The molecule has 1 saturated carbocycles. The van der Waals surface area contributed by atoms with Gasteiger partial charge in [-0.05, 0) is 60.2 Å². The normalized spacial score (nSPS) is 15.4. The molecule has 5 rings (SSSR count). The molecule has 1 fully saturated rings. The lowest BCUT2D eigenvalue weighted by Crippen LogP contribution is -2.45. The van der Waals surface area contributed by atoms with E-state index in [1.165, 1.54) is 20.3 Å². The van der Waals surface area contributed by atoms with Crippen molar-refractivity contribution in [1.29, 1.82) is 0 Å². The lowest BCUT2D eigenvalue weighted by atomic mass is 9.85. The largest absolute Gasteiger partial charge is 0.493 e. The zero-order chi connectivity index (χ0) is 26.5. The first kappa shape index (κ1) is 24.6. The van der Waals surface area contributed by atoms with Gasteiger partial charge in [-0.2, -0.15) is 0 Å². The van der Waals surface area contributed by atoms with Crippen molar-refractivity contribution < 1.29 is 27.8 Å². The fourth-order valence-corrected chi connectivity index (χ4v) is 5.04. The number of allylic oxidation sites excluding steroid dienone is 1. The summed E-state index contributed by atoms with van der Waals surface area (Å²) in [5, 5.41) is 0. The Morgan fingerprint density at radius 2 is 1.81 bits per heavy atom. The van der Waals surface area contributed by atoms with Crippen LogP contribution in [0.1, 0.15) is 35.1 Å². The summed E-state index contributed by atoms with van der Waals surface area (Å²) >= 11 is 0. The molecule has 3 aromatic rings. The second-order valence-corrected chi connectivity index (χ2v) is 9.45. The highest BCUT2D eigenvalue weighted by Gasteiger charge is 2.57. The van der Waals surface area contributed by atoms with Crippen LogP contribution in [0.15, 0.2) is 49.2 Å². The lowest BCUT2D eigenvalue weighted by molar-refractivity contribution is -0.121. The van der Waals surface area contributed by atoms with Crippen molar-refractivity contribution in [3.63, 3.8) is 0 Å². The summed E-state index contributed by atoms with van der Waals surface area (Å²) < 4.78 is 40.7. The van der Waals surface area contributed by atoms with Gasteiger partial charge in [-0.3, -0.25) is 14.6 Å². The van der Waals surface area contributed by atoms with Gasteiger partial charge in [0.2, 0.25) is 5.91 Å². The maximum absolute atomic E-state index is 15.3. The molecular formula is C29H26F2N2O4. The van der Waals surface area contributed by atoms with Crippen molar-refractivity contribution in [2.24, 2.45) is 0 Å². The predicted molar refractivity (Wildman–Crippen MR) is 135 cm³/mol. The molecule has 37 heavy (non-hydrogen) atoms. The number of ketones is 1. The van der Waals surface area contributed by atoms with E-state index in [1.54, 1.807) is 6.20 Å². The first-order valence-corrected chi connectivity index (χ1v) is 11.9. The molecule has 1 aromatic heterocycles. The number of pyridine rings is 1. The molecule has 1 spiro atoms. The van der Waals surface area contributed by atoms with Gasteiger partial charge in [0.05, 0.1) is 31.9 Å². The number of aromatic nitrogens is 1. The van der Waals surface area contributed by atoms with Crippen LogP contribution in [0.2, 0.25) is 0 Å². The SMILES string of the molecule is C=CC(=O)Cc1ccc(C)c(-c2cc3c(cn2)CN(c2c(F)c(OC)cc(OC)c2F)C(=O)C32CC2)c1. The van der Waals surface area contributed by atoms with Crippen molar-refractivity contribution in [2.45, 2.75) is 38.1 Å². The number of hydrogen-bond acceptors (Lipinski definition) is 5. The highest BCUT2D eigenvalue weighted by atomic mass is 19.1. The molecule has 190 valence electrons. The third-order valence-electron chi connectivity index (χ3n) is 7.24. The fourth-order valence-electron chi connectivity index (χ4n) is 5.04. The van der Waals surface area contributed by atoms with E-state index in [2.05, 4.69) is 11.6 Å². The number of carbonyl (C=O) groups is 2. The van der Waals surface area contributed by atoms with Crippen LogP contribution in [0.5, 0.6) is 11.5 Å². The minimum atomic E-state index is -0.959. The number of ether oxygens (including phenoxy) is 2. The number of halogens is 2. The average molecular weight is 505 g/mol. The summed E-state index contributed by atoms with van der Waals surface area (Å²) in [5.74, 6) is -2.79. The Morgan fingerprint density at radius 3 is 2.41 bits per heavy atom. The van der Waals surface area contributed by atoms with Crippen LogP contribution in [-0.4, -0.2) is 30.9 Å². The topological polar surface area (TPSA) is 68.7 Å². The van der Waals surface area contributed by atoms with Gasteiger partial charge in [-0.25, -0.2) is 8.78 Å². The second kappa shape index (κ2) is 9.10. The van der Waals surface area contributed by atoms with Crippen molar-refractivity contribution >= 4 is 17.4 Å². The average Bonchev–Trinajstić information content (AvgIpc) is 3.70. The third kappa shape index (κ3) is 3.97. The smallest absolute Gasteiger partial charge is 0.238 e. The van der Waals surface area contributed by atoms with E-state index in [9.17, 15) is 9.59 Å². The Bertz CT molecular complexity index is 1430. The summed E-state index contributed by atoms with van der Waals surface area (Å²) in [4.78, 5) is 31.4. The van der Waals surface area contributed by atoms with Crippen molar-refractivity contribution in [3.8, 4) is 22.8 Å². The van der Waals surface area contributed by atoms with Crippen LogP contribution in [0.3, 0.4) is 0 Å². The molecule has 0 N–H and O–H groups in total. The molecule has 2 aliphatic rings. The van der Waals surface area contributed by atoms with Crippen molar-refractivity contribution in [2.75, 3.05) is 19.1 Å². The molecule has 0 unspecified atom stereocenters. The summed E-state index contributed by atoms with van der Waals surface area (Å²) in [6.07, 6.45) is 4.33. The minimum absolute atomic E-state index is 0.0415. The van der Waals surface area contributed by atoms with Crippen LogP contribution in [0, 0.1) is 18.6 Å². The van der Waals surface area contributed by atoms with Crippen molar-refractivity contribution in [3.05, 3.63) is 83.1 Å². The molecule has 8 heteroatoms. The van der Waals surface area contributed by atoms with E-state index in [-0.39, 0.29) is 36.2 Å². The Labute approximate surface area is 213 Å². The van der Waals surface area contributed by atoms with Gasteiger partial charge in [-0.15, -0.1) is 0 Å². The molecule has 0 bridgehead atoms. The van der Waals surface area contributed by atoms with Gasteiger partial charge in [0.15, 0.2) is 28.9 Å². The number of aryl methyl sites for hydroxylation is 1. The molecule has 2 aromatic carbocycles. The minimum Gasteiger partial charge on any atom is -0.493 e. The molecular weight excluding hydrogens is 478 g/mol. The third-order valence-corrected chi connectivity index (χ3v) is 7.24. The molecule has 1 amide bonds. The number of amides is 1. The van der Waals surface area contributed by atoms with Crippen LogP contribution in [0.4, 0.5) is 14.5 Å². The number of rotatable bonds is 7. The predicted octanol–water partition coefficient (Wildman–Crippen LogP) is 5.23. The van der Waals surface area contributed by atoms with Crippen LogP contribution in [0.25, 0.3) is 11.3 Å². The number of hydrogen-bond donors (Lipinski definition) is 0. The monoisotopic (exact) mass is 504 g/mol. The van der Waals surface area contributed by atoms with Crippen LogP contribution >= 0.6 is 0 Å². The number of carbonyl (C=O) groups excluding carboxylic acids is 2. The van der Waals surface area contributed by atoms with Crippen LogP contribution < -0.4 is 14.4 Å². The van der Waals surface area contributed by atoms with E-state index >= 15 is 8.78 Å². The Balaban J connectivity index is 1.59. The Kier molecular flexibility index (Phi) is 6.06. The Morgan fingerprint density at radius 1 is 1.14 bits per heavy atom. The second-order valence-electron chi connectivity index (χ2n) is 9.45. The van der Waals surface area contributed by atoms with Gasteiger partial charge >= 0.3 is 0 Å². The van der Waals surface area contributed by atoms with E-state index in [1.807, 2.05) is 31.2 Å². The first-order chi connectivity index (χ1) is 17.7. The standard InChI is InChI=1S/C29H26F2N2O4/c1-5-19(34)10-17-7-6-16(2)20(11-17)22-12-21-18(14-32-22)15-33(28(35)29(21)8-9-29)27-25(30)23(36-3)13-24(37-4)26(27)31/h5-7,11-14H,1,8-10,15H2,2-4H3. The molecule has 0 saturated heterocycles. The maximum atomic E-state index is 15.3. The molecule has 6 nitrogen and oxygen atoms in total. The van der Waals surface area contributed by atoms with Gasteiger partial charge in [-0.1, -0.05) is 18.7 Å². The van der Waals surface area contributed by atoms with Crippen molar-refractivity contribution in [1.82, 2.24) is 4.98 Å². The summed E-state index contributed by atoms with van der Waals surface area (Å²) in [6.45, 7) is 5.45. The molecule has 0 atom stereocenters. The number of anilines is 1. The number of benzene rings is 2. The molecule has 2 heterocycles.